The molecule has 0 amide bonds. The Bertz CT molecular complexity index is 822. The van der Waals surface area contributed by atoms with Crippen LogP contribution in [0.3, 0.4) is 0 Å². The number of anilines is 2. The first kappa shape index (κ1) is 14.5. The van der Waals surface area contributed by atoms with Crippen molar-refractivity contribution < 1.29 is 4.39 Å². The van der Waals surface area contributed by atoms with Gasteiger partial charge in [0.25, 0.3) is 0 Å². The van der Waals surface area contributed by atoms with Gasteiger partial charge in [0.15, 0.2) is 0 Å². The van der Waals surface area contributed by atoms with Crippen molar-refractivity contribution in [1.29, 1.82) is 0 Å². The number of hydrogen-bond donors (Lipinski definition) is 1. The normalized spacial score (nSPS) is 15.4. The number of rotatable bonds is 2. The monoisotopic (exact) mass is 374 g/mol. The van der Waals surface area contributed by atoms with Crippen molar-refractivity contribution >= 4 is 38.6 Å². The fourth-order valence-corrected chi connectivity index (χ4v) is 3.31. The molecule has 2 aromatic carbocycles. The topological polar surface area (TPSA) is 35.2 Å². The third-order valence-corrected chi connectivity index (χ3v) is 4.70. The van der Waals surface area contributed by atoms with Crippen LogP contribution in [0.2, 0.25) is 0 Å². The maximum Gasteiger partial charge on any atom is 0.203 e. The van der Waals surface area contributed by atoms with E-state index in [9.17, 15) is 4.39 Å². The van der Waals surface area contributed by atoms with Gasteiger partial charge in [0, 0.05) is 36.3 Å². The number of piperazine rings is 1. The highest BCUT2D eigenvalue weighted by molar-refractivity contribution is 9.10. The van der Waals surface area contributed by atoms with Gasteiger partial charge in [0.2, 0.25) is 5.95 Å². The second-order valence-corrected chi connectivity index (χ2v) is 6.59. The molecule has 0 atom stereocenters. The van der Waals surface area contributed by atoms with Gasteiger partial charge in [-0.15, -0.1) is 0 Å². The molecule has 4 nitrogen and oxygen atoms in total. The molecule has 1 fully saturated rings. The minimum atomic E-state index is -0.194. The summed E-state index contributed by atoms with van der Waals surface area (Å²) >= 11 is 3.48. The van der Waals surface area contributed by atoms with Crippen LogP contribution < -0.4 is 9.80 Å². The Labute approximate surface area is 142 Å². The van der Waals surface area contributed by atoms with Crippen molar-refractivity contribution in [2.24, 2.45) is 0 Å². The van der Waals surface area contributed by atoms with E-state index in [2.05, 4.69) is 35.7 Å². The summed E-state index contributed by atoms with van der Waals surface area (Å²) in [4.78, 5) is 12.6. The lowest BCUT2D eigenvalue weighted by atomic mass is 10.2. The molecule has 1 N–H and O–H groups in total. The Kier molecular flexibility index (Phi) is 3.69. The Morgan fingerprint density at radius 2 is 1.65 bits per heavy atom. The molecule has 1 aliphatic rings. The van der Waals surface area contributed by atoms with Gasteiger partial charge in [0.05, 0.1) is 11.0 Å². The van der Waals surface area contributed by atoms with Crippen molar-refractivity contribution in [2.45, 2.75) is 0 Å². The van der Waals surface area contributed by atoms with Gasteiger partial charge in [0.1, 0.15) is 5.82 Å². The maximum atomic E-state index is 13.0. The second kappa shape index (κ2) is 5.85. The SMILES string of the molecule is Fc1ccc(N2CCN(c3nc4ccc(Br)cc4[nH]3)CC2)cc1. The number of fused-ring (bicyclic) bond motifs is 1. The predicted molar refractivity (Wildman–Crippen MR) is 94.6 cm³/mol. The average Bonchev–Trinajstić information content (AvgIpc) is 2.99. The second-order valence-electron chi connectivity index (χ2n) is 5.67. The van der Waals surface area contributed by atoms with E-state index in [1.165, 1.54) is 12.1 Å². The van der Waals surface area contributed by atoms with Crippen LogP contribution in [0.25, 0.3) is 11.0 Å². The van der Waals surface area contributed by atoms with Gasteiger partial charge in [-0.1, -0.05) is 15.9 Å². The van der Waals surface area contributed by atoms with Crippen LogP contribution >= 0.6 is 15.9 Å². The molecule has 1 aromatic heterocycles. The van der Waals surface area contributed by atoms with Gasteiger partial charge in [-0.3, -0.25) is 0 Å². The summed E-state index contributed by atoms with van der Waals surface area (Å²) in [5.41, 5.74) is 3.08. The molecule has 4 rings (SSSR count). The van der Waals surface area contributed by atoms with Crippen LogP contribution in [-0.4, -0.2) is 36.1 Å². The summed E-state index contributed by atoms with van der Waals surface area (Å²) in [6.45, 7) is 3.56. The van der Waals surface area contributed by atoms with Gasteiger partial charge in [-0.2, -0.15) is 0 Å². The third-order valence-electron chi connectivity index (χ3n) is 4.20. The first-order chi connectivity index (χ1) is 11.2. The quantitative estimate of drug-likeness (QED) is 0.740. The van der Waals surface area contributed by atoms with Crippen molar-refractivity contribution in [3.05, 3.63) is 52.8 Å². The summed E-state index contributed by atoms with van der Waals surface area (Å²) in [5.74, 6) is 0.720. The van der Waals surface area contributed by atoms with Gasteiger partial charge >= 0.3 is 0 Å². The lowest BCUT2D eigenvalue weighted by Gasteiger charge is -2.36. The highest BCUT2D eigenvalue weighted by Gasteiger charge is 2.19. The molecule has 0 unspecified atom stereocenters. The molecule has 1 aliphatic heterocycles. The molecular weight excluding hydrogens is 359 g/mol. The molecule has 118 valence electrons. The number of H-pyrrole nitrogens is 1. The maximum absolute atomic E-state index is 13.0. The van der Waals surface area contributed by atoms with Gasteiger partial charge < -0.3 is 14.8 Å². The van der Waals surface area contributed by atoms with E-state index < -0.39 is 0 Å². The number of aromatic nitrogens is 2. The van der Waals surface area contributed by atoms with E-state index in [4.69, 9.17) is 0 Å². The number of nitrogens with zero attached hydrogens (tertiary/aromatic N) is 3. The number of aromatic amines is 1. The summed E-state index contributed by atoms with van der Waals surface area (Å²) in [5, 5.41) is 0. The van der Waals surface area contributed by atoms with Crippen molar-refractivity contribution in [3.63, 3.8) is 0 Å². The highest BCUT2D eigenvalue weighted by atomic mass is 79.9. The summed E-state index contributed by atoms with van der Waals surface area (Å²) < 4.78 is 14.1. The Balaban J connectivity index is 1.48. The summed E-state index contributed by atoms with van der Waals surface area (Å²) in [7, 11) is 0. The number of hydrogen-bond acceptors (Lipinski definition) is 3. The van der Waals surface area contributed by atoms with Crippen molar-refractivity contribution in [1.82, 2.24) is 9.97 Å². The largest absolute Gasteiger partial charge is 0.368 e. The molecule has 23 heavy (non-hydrogen) atoms. The summed E-state index contributed by atoms with van der Waals surface area (Å²) in [6, 6.07) is 12.7. The van der Waals surface area contributed by atoms with E-state index >= 15 is 0 Å². The van der Waals surface area contributed by atoms with E-state index in [1.54, 1.807) is 0 Å². The molecule has 1 saturated heterocycles. The van der Waals surface area contributed by atoms with Crippen LogP contribution in [0.4, 0.5) is 16.0 Å². The smallest absolute Gasteiger partial charge is 0.203 e. The molecule has 3 aromatic rings. The number of nitrogens with one attached hydrogen (secondary N) is 1. The lowest BCUT2D eigenvalue weighted by Crippen LogP contribution is -2.46. The van der Waals surface area contributed by atoms with E-state index in [1.807, 2.05) is 30.3 Å². The van der Waals surface area contributed by atoms with Crippen LogP contribution in [0.15, 0.2) is 46.9 Å². The summed E-state index contributed by atoms with van der Waals surface area (Å²) in [6.07, 6.45) is 0. The fourth-order valence-electron chi connectivity index (χ4n) is 2.95. The van der Waals surface area contributed by atoms with E-state index in [0.29, 0.717) is 0 Å². The number of benzene rings is 2. The molecular formula is C17H16BrFN4. The molecule has 6 heteroatoms. The molecule has 0 aliphatic carbocycles. The lowest BCUT2D eigenvalue weighted by molar-refractivity contribution is 0.623. The molecule has 0 saturated carbocycles. The zero-order valence-electron chi connectivity index (χ0n) is 12.5. The van der Waals surface area contributed by atoms with Crippen molar-refractivity contribution in [3.8, 4) is 0 Å². The average molecular weight is 375 g/mol. The number of halogens is 2. The van der Waals surface area contributed by atoms with Crippen LogP contribution in [-0.2, 0) is 0 Å². The molecule has 0 radical (unpaired) electrons. The van der Waals surface area contributed by atoms with Gasteiger partial charge in [-0.25, -0.2) is 9.37 Å². The Hall–Kier alpha value is -2.08. The zero-order valence-corrected chi connectivity index (χ0v) is 14.1. The Morgan fingerprint density at radius 3 is 2.39 bits per heavy atom. The van der Waals surface area contributed by atoms with Crippen molar-refractivity contribution in [2.75, 3.05) is 36.0 Å². The van der Waals surface area contributed by atoms with Crippen LogP contribution in [0.1, 0.15) is 0 Å². The third kappa shape index (κ3) is 2.91. The number of imidazole rings is 1. The highest BCUT2D eigenvalue weighted by Crippen LogP contribution is 2.23. The first-order valence-corrected chi connectivity index (χ1v) is 8.39. The molecule has 2 heterocycles. The molecule has 0 spiro atoms. The van der Waals surface area contributed by atoms with Gasteiger partial charge in [-0.05, 0) is 42.5 Å². The van der Waals surface area contributed by atoms with Crippen LogP contribution in [0, 0.1) is 5.82 Å². The minimum Gasteiger partial charge on any atom is -0.368 e. The van der Waals surface area contributed by atoms with Crippen LogP contribution in [0.5, 0.6) is 0 Å². The van der Waals surface area contributed by atoms with E-state index in [0.717, 1.165) is 53.3 Å². The fraction of sp³-hybridized carbons (Fsp3) is 0.235. The first-order valence-electron chi connectivity index (χ1n) is 7.60. The Morgan fingerprint density at radius 1 is 0.957 bits per heavy atom. The predicted octanol–water partition coefficient (Wildman–Crippen LogP) is 3.79. The minimum absolute atomic E-state index is 0.194. The zero-order chi connectivity index (χ0) is 15.8. The molecule has 0 bridgehead atoms. The van der Waals surface area contributed by atoms with E-state index in [-0.39, 0.29) is 5.82 Å². The standard InChI is InChI=1S/C17H16BrFN4/c18-12-1-6-15-16(11-12)21-17(20-15)23-9-7-22(8-10-23)14-4-2-13(19)3-5-14/h1-6,11H,7-10H2,(H,20,21).